The first-order valence-electron chi connectivity index (χ1n) is 5.18. The Hall–Kier alpha value is -0.370. The van der Waals surface area contributed by atoms with Gasteiger partial charge in [-0.25, -0.2) is 0 Å². The van der Waals surface area contributed by atoms with Crippen molar-refractivity contribution in [3.05, 3.63) is 0 Å². The van der Waals surface area contributed by atoms with Crippen LogP contribution in [0.3, 0.4) is 0 Å². The molecule has 0 saturated carbocycles. The molecule has 13 heavy (non-hydrogen) atoms. The van der Waals surface area contributed by atoms with Crippen LogP contribution in [-0.4, -0.2) is 18.9 Å². The second kappa shape index (κ2) is 3.41. The van der Waals surface area contributed by atoms with Crippen LogP contribution < -0.4 is 5.32 Å². The molecule has 1 saturated heterocycles. The summed E-state index contributed by atoms with van der Waals surface area (Å²) in [4.78, 5) is 12.2. The van der Waals surface area contributed by atoms with Crippen molar-refractivity contribution in [1.29, 1.82) is 0 Å². The molecule has 1 aliphatic heterocycles. The van der Waals surface area contributed by atoms with Gasteiger partial charge in [0, 0.05) is 17.4 Å². The molecule has 0 bridgehead atoms. The van der Waals surface area contributed by atoms with Crippen LogP contribution >= 0.6 is 0 Å². The average Bonchev–Trinajstić information content (AvgIpc) is 2.50. The molecule has 0 spiro atoms. The van der Waals surface area contributed by atoms with E-state index >= 15 is 0 Å². The van der Waals surface area contributed by atoms with Crippen LogP contribution in [0.1, 0.15) is 40.5 Å². The van der Waals surface area contributed by atoms with Gasteiger partial charge in [-0.05, 0) is 19.4 Å². The summed E-state index contributed by atoms with van der Waals surface area (Å²) < 4.78 is 0. The number of carbonyl (C=O) groups is 1. The minimum absolute atomic E-state index is 0.0712. The maximum absolute atomic E-state index is 12.2. The SMILES string of the molecule is CCC1(C(=O)C(C)(C)C)CCNC1. The van der Waals surface area contributed by atoms with Gasteiger partial charge in [0.25, 0.3) is 0 Å². The molecule has 76 valence electrons. The summed E-state index contributed by atoms with van der Waals surface area (Å²) in [7, 11) is 0. The molecule has 0 aromatic rings. The monoisotopic (exact) mass is 183 g/mol. The molecule has 1 heterocycles. The first kappa shape index (κ1) is 10.7. The van der Waals surface area contributed by atoms with Gasteiger partial charge in [0.15, 0.2) is 0 Å². The van der Waals surface area contributed by atoms with Crippen molar-refractivity contribution in [1.82, 2.24) is 5.32 Å². The van der Waals surface area contributed by atoms with E-state index in [1.54, 1.807) is 0 Å². The molecule has 1 fully saturated rings. The van der Waals surface area contributed by atoms with E-state index in [1.165, 1.54) is 0 Å². The van der Waals surface area contributed by atoms with Gasteiger partial charge >= 0.3 is 0 Å². The van der Waals surface area contributed by atoms with Gasteiger partial charge in [-0.1, -0.05) is 27.7 Å². The minimum atomic E-state index is -0.192. The number of ketones is 1. The van der Waals surface area contributed by atoms with E-state index in [9.17, 15) is 4.79 Å². The Labute approximate surface area is 81.1 Å². The van der Waals surface area contributed by atoms with Crippen molar-refractivity contribution in [3.8, 4) is 0 Å². The molecule has 0 amide bonds. The molecule has 0 radical (unpaired) electrons. The Morgan fingerprint density at radius 2 is 2.08 bits per heavy atom. The van der Waals surface area contributed by atoms with E-state index < -0.39 is 0 Å². The third kappa shape index (κ3) is 1.93. The van der Waals surface area contributed by atoms with Gasteiger partial charge in [-0.3, -0.25) is 4.79 Å². The smallest absolute Gasteiger partial charge is 0.145 e. The van der Waals surface area contributed by atoms with Crippen LogP contribution in [0.15, 0.2) is 0 Å². The third-order valence-corrected chi connectivity index (χ3v) is 3.08. The molecule has 1 N–H and O–H groups in total. The lowest BCUT2D eigenvalue weighted by atomic mass is 9.70. The van der Waals surface area contributed by atoms with Crippen molar-refractivity contribution in [3.63, 3.8) is 0 Å². The van der Waals surface area contributed by atoms with Gasteiger partial charge in [0.2, 0.25) is 0 Å². The molecule has 1 atom stereocenters. The van der Waals surface area contributed by atoms with Gasteiger partial charge in [-0.2, -0.15) is 0 Å². The zero-order valence-corrected chi connectivity index (χ0v) is 9.24. The number of carbonyl (C=O) groups excluding carboxylic acids is 1. The maximum Gasteiger partial charge on any atom is 0.145 e. The van der Waals surface area contributed by atoms with Crippen LogP contribution in [0.5, 0.6) is 0 Å². The van der Waals surface area contributed by atoms with E-state index in [2.05, 4.69) is 12.2 Å². The average molecular weight is 183 g/mol. The first-order valence-corrected chi connectivity index (χ1v) is 5.18. The Bertz CT molecular complexity index is 197. The zero-order valence-electron chi connectivity index (χ0n) is 9.24. The molecule has 0 aliphatic carbocycles. The summed E-state index contributed by atoms with van der Waals surface area (Å²) in [6.07, 6.45) is 1.98. The second-order valence-corrected chi connectivity index (χ2v) is 5.14. The van der Waals surface area contributed by atoms with Crippen molar-refractivity contribution in [2.45, 2.75) is 40.5 Å². The highest BCUT2D eigenvalue weighted by molar-refractivity contribution is 5.89. The lowest BCUT2D eigenvalue weighted by Gasteiger charge is -2.32. The van der Waals surface area contributed by atoms with Crippen LogP contribution in [0.25, 0.3) is 0 Å². The van der Waals surface area contributed by atoms with Crippen molar-refractivity contribution in [2.75, 3.05) is 13.1 Å². The van der Waals surface area contributed by atoms with Crippen molar-refractivity contribution in [2.24, 2.45) is 10.8 Å². The molecule has 2 heteroatoms. The van der Waals surface area contributed by atoms with Crippen LogP contribution in [0, 0.1) is 10.8 Å². The fraction of sp³-hybridized carbons (Fsp3) is 0.909. The highest BCUT2D eigenvalue weighted by Gasteiger charge is 2.43. The Kier molecular flexibility index (Phi) is 2.81. The molecule has 2 nitrogen and oxygen atoms in total. The van der Waals surface area contributed by atoms with Gasteiger partial charge in [-0.15, -0.1) is 0 Å². The molecule has 0 aromatic heterocycles. The fourth-order valence-electron chi connectivity index (χ4n) is 2.20. The normalized spacial score (nSPS) is 29.2. The fourth-order valence-corrected chi connectivity index (χ4v) is 2.20. The third-order valence-electron chi connectivity index (χ3n) is 3.08. The number of hydrogen-bond donors (Lipinski definition) is 1. The lowest BCUT2D eigenvalue weighted by Crippen LogP contribution is -2.40. The lowest BCUT2D eigenvalue weighted by molar-refractivity contribution is -0.136. The van der Waals surface area contributed by atoms with E-state index in [-0.39, 0.29) is 10.8 Å². The van der Waals surface area contributed by atoms with E-state index in [0.29, 0.717) is 5.78 Å². The molecular formula is C11H21NO. The van der Waals surface area contributed by atoms with Crippen molar-refractivity contribution >= 4 is 5.78 Å². The molecule has 1 aliphatic rings. The predicted molar refractivity (Wildman–Crippen MR) is 54.7 cm³/mol. The van der Waals surface area contributed by atoms with E-state index in [4.69, 9.17) is 0 Å². The minimum Gasteiger partial charge on any atom is -0.316 e. The molecule has 1 rings (SSSR count). The summed E-state index contributed by atoms with van der Waals surface area (Å²) in [5.41, 5.74) is -0.264. The van der Waals surface area contributed by atoms with Crippen molar-refractivity contribution < 1.29 is 4.79 Å². The topological polar surface area (TPSA) is 29.1 Å². The molecular weight excluding hydrogens is 162 g/mol. The first-order chi connectivity index (χ1) is 5.92. The Balaban J connectivity index is 2.83. The highest BCUT2D eigenvalue weighted by Crippen LogP contribution is 2.37. The largest absolute Gasteiger partial charge is 0.316 e. The number of rotatable bonds is 2. The summed E-state index contributed by atoms with van der Waals surface area (Å²) in [6.45, 7) is 10.0. The van der Waals surface area contributed by atoms with Crippen LogP contribution in [0.2, 0.25) is 0 Å². The molecule has 1 unspecified atom stereocenters. The zero-order chi connectivity index (χ0) is 10.1. The van der Waals surface area contributed by atoms with Gasteiger partial charge < -0.3 is 5.32 Å². The standard InChI is InChI=1S/C11H21NO/c1-5-11(6-7-12-8-11)9(13)10(2,3)4/h12H,5-8H2,1-4H3. The summed E-state index contributed by atoms with van der Waals surface area (Å²) in [6, 6.07) is 0. The summed E-state index contributed by atoms with van der Waals surface area (Å²) >= 11 is 0. The van der Waals surface area contributed by atoms with E-state index in [0.717, 1.165) is 25.9 Å². The number of nitrogens with one attached hydrogen (secondary N) is 1. The summed E-state index contributed by atoms with van der Waals surface area (Å²) in [5.74, 6) is 0.424. The van der Waals surface area contributed by atoms with Gasteiger partial charge in [0.05, 0.1) is 0 Å². The predicted octanol–water partition coefficient (Wildman–Crippen LogP) is 1.99. The molecule has 0 aromatic carbocycles. The van der Waals surface area contributed by atoms with Crippen LogP contribution in [0.4, 0.5) is 0 Å². The number of hydrogen-bond acceptors (Lipinski definition) is 2. The second-order valence-electron chi connectivity index (χ2n) is 5.14. The highest BCUT2D eigenvalue weighted by atomic mass is 16.1. The van der Waals surface area contributed by atoms with Crippen LogP contribution in [-0.2, 0) is 4.79 Å². The quantitative estimate of drug-likeness (QED) is 0.709. The summed E-state index contributed by atoms with van der Waals surface area (Å²) in [5, 5.41) is 3.30. The van der Waals surface area contributed by atoms with Gasteiger partial charge in [0.1, 0.15) is 5.78 Å². The number of Topliss-reactive ketones (excluding diaryl/α,β-unsaturated/α-hetero) is 1. The van der Waals surface area contributed by atoms with E-state index in [1.807, 2.05) is 20.8 Å². The Morgan fingerprint density at radius 1 is 1.46 bits per heavy atom. The Morgan fingerprint density at radius 3 is 2.38 bits per heavy atom. The maximum atomic E-state index is 12.2.